The third-order valence-electron chi connectivity index (χ3n) is 9.68. The molecule has 10 rings (SSSR count). The lowest BCUT2D eigenvalue weighted by atomic mass is 9.96. The largest absolute Gasteiger partial charge is 0.456 e. The first-order valence-electron chi connectivity index (χ1n) is 17.1. The summed E-state index contributed by atoms with van der Waals surface area (Å²) >= 11 is 0. The number of hydrogen-bond donors (Lipinski definition) is 0. The first-order chi connectivity index (χ1) is 25.2. The topological polar surface area (TPSA) is 51.8 Å². The van der Waals surface area contributed by atoms with E-state index in [9.17, 15) is 0 Å². The second-order valence-corrected chi connectivity index (χ2v) is 12.9. The summed E-state index contributed by atoms with van der Waals surface area (Å²) in [6, 6.07) is 61.2. The second-order valence-electron chi connectivity index (χ2n) is 12.9. The summed E-state index contributed by atoms with van der Waals surface area (Å²) in [5, 5.41) is 6.82. The molecular formula is C47H29N3O. The first kappa shape index (κ1) is 29.0. The van der Waals surface area contributed by atoms with Crippen LogP contribution in [0.3, 0.4) is 0 Å². The van der Waals surface area contributed by atoms with E-state index in [4.69, 9.17) is 19.4 Å². The summed E-state index contributed by atoms with van der Waals surface area (Å²) in [6.07, 6.45) is 0. The van der Waals surface area contributed by atoms with Crippen molar-refractivity contribution in [2.75, 3.05) is 0 Å². The van der Waals surface area contributed by atoms with Crippen LogP contribution in [0.5, 0.6) is 0 Å². The van der Waals surface area contributed by atoms with Crippen LogP contribution in [0.15, 0.2) is 180 Å². The van der Waals surface area contributed by atoms with Crippen molar-refractivity contribution in [3.63, 3.8) is 0 Å². The van der Waals surface area contributed by atoms with Crippen molar-refractivity contribution in [1.82, 2.24) is 15.0 Å². The van der Waals surface area contributed by atoms with E-state index < -0.39 is 0 Å². The van der Waals surface area contributed by atoms with E-state index in [1.54, 1.807) is 0 Å². The van der Waals surface area contributed by atoms with E-state index >= 15 is 0 Å². The Morgan fingerprint density at radius 2 is 0.843 bits per heavy atom. The molecule has 0 atom stereocenters. The zero-order valence-electron chi connectivity index (χ0n) is 27.5. The lowest BCUT2D eigenvalue weighted by Crippen LogP contribution is -2.00. The molecule has 238 valence electrons. The minimum Gasteiger partial charge on any atom is -0.456 e. The van der Waals surface area contributed by atoms with E-state index in [2.05, 4.69) is 152 Å². The molecular weight excluding hydrogens is 623 g/mol. The zero-order valence-corrected chi connectivity index (χ0v) is 27.5. The molecule has 0 aliphatic carbocycles. The monoisotopic (exact) mass is 651 g/mol. The molecule has 0 unspecified atom stereocenters. The van der Waals surface area contributed by atoms with Crippen molar-refractivity contribution in [2.24, 2.45) is 0 Å². The molecule has 2 heterocycles. The number of aromatic nitrogens is 3. The minimum atomic E-state index is 0.628. The third-order valence-corrected chi connectivity index (χ3v) is 9.68. The fraction of sp³-hybridized carbons (Fsp3) is 0. The van der Waals surface area contributed by atoms with Crippen molar-refractivity contribution in [3.05, 3.63) is 176 Å². The number of fused-ring (bicyclic) bond motifs is 5. The smallest absolute Gasteiger partial charge is 0.164 e. The van der Waals surface area contributed by atoms with Gasteiger partial charge in [-0.05, 0) is 80.2 Å². The van der Waals surface area contributed by atoms with Crippen LogP contribution >= 0.6 is 0 Å². The van der Waals surface area contributed by atoms with Crippen molar-refractivity contribution in [3.8, 4) is 56.4 Å². The first-order valence-corrected chi connectivity index (χ1v) is 17.1. The van der Waals surface area contributed by atoms with Crippen molar-refractivity contribution in [2.45, 2.75) is 0 Å². The van der Waals surface area contributed by atoms with Gasteiger partial charge >= 0.3 is 0 Å². The van der Waals surface area contributed by atoms with Gasteiger partial charge in [-0.2, -0.15) is 0 Å². The highest BCUT2D eigenvalue weighted by Gasteiger charge is 2.16. The van der Waals surface area contributed by atoms with Gasteiger partial charge in [0.25, 0.3) is 0 Å². The van der Waals surface area contributed by atoms with Crippen molar-refractivity contribution < 1.29 is 4.42 Å². The fourth-order valence-electron chi connectivity index (χ4n) is 7.13. The van der Waals surface area contributed by atoms with Gasteiger partial charge in [0.2, 0.25) is 0 Å². The van der Waals surface area contributed by atoms with Gasteiger partial charge < -0.3 is 4.42 Å². The summed E-state index contributed by atoms with van der Waals surface area (Å²) in [4.78, 5) is 15.3. The lowest BCUT2D eigenvalue weighted by Gasteiger charge is -2.11. The van der Waals surface area contributed by atoms with E-state index in [1.165, 1.54) is 5.39 Å². The van der Waals surface area contributed by atoms with Crippen LogP contribution < -0.4 is 0 Å². The average Bonchev–Trinajstić information content (AvgIpc) is 3.59. The second kappa shape index (κ2) is 11.9. The Hall–Kier alpha value is -6.91. The molecule has 0 fully saturated rings. The highest BCUT2D eigenvalue weighted by molar-refractivity contribution is 6.13. The van der Waals surface area contributed by atoms with E-state index in [0.29, 0.717) is 17.5 Å². The van der Waals surface area contributed by atoms with Gasteiger partial charge in [0.05, 0.1) is 0 Å². The molecule has 4 heteroatoms. The quantitative estimate of drug-likeness (QED) is 0.186. The van der Waals surface area contributed by atoms with Gasteiger partial charge in [-0.25, -0.2) is 15.0 Å². The Morgan fingerprint density at radius 3 is 1.63 bits per heavy atom. The maximum absolute atomic E-state index is 6.21. The number of furan rings is 1. The Labute approximate surface area is 294 Å². The number of para-hydroxylation sites is 1. The molecule has 4 nitrogen and oxygen atoms in total. The minimum absolute atomic E-state index is 0.628. The van der Waals surface area contributed by atoms with Crippen LogP contribution in [0.2, 0.25) is 0 Å². The van der Waals surface area contributed by atoms with Crippen LogP contribution in [0, 0.1) is 0 Å². The molecule has 0 bridgehead atoms. The maximum atomic E-state index is 6.21. The average molecular weight is 652 g/mol. The maximum Gasteiger partial charge on any atom is 0.164 e. The molecule has 0 radical (unpaired) electrons. The molecule has 0 saturated heterocycles. The summed E-state index contributed by atoms with van der Waals surface area (Å²) in [7, 11) is 0. The predicted octanol–water partition coefficient (Wildman–Crippen LogP) is 12.4. The molecule has 2 aromatic heterocycles. The number of hydrogen-bond acceptors (Lipinski definition) is 4. The standard InChI is InChI=1S/C47H29N3O/c1-2-10-30(11-3-1)34-14-8-15-36(26-34)45-48-46(37-24-21-31-12-4-5-13-33(31)27-37)50-47(49-45)38-25-22-32-20-23-35(28-39(32)29-38)40-17-9-19-43-44(40)41-16-6-7-18-42(41)51-43/h1-29H. The number of nitrogens with zero attached hydrogens (tertiary/aromatic N) is 3. The number of rotatable bonds is 5. The van der Waals surface area contributed by atoms with Gasteiger partial charge in [-0.15, -0.1) is 0 Å². The Kier molecular flexibility index (Phi) is 6.78. The Balaban J connectivity index is 1.13. The Morgan fingerprint density at radius 1 is 0.314 bits per heavy atom. The molecule has 10 aromatic rings. The summed E-state index contributed by atoms with van der Waals surface area (Å²) < 4.78 is 6.21. The van der Waals surface area contributed by atoms with Crippen molar-refractivity contribution >= 4 is 43.5 Å². The van der Waals surface area contributed by atoms with Crippen LogP contribution in [0.1, 0.15) is 0 Å². The van der Waals surface area contributed by atoms with Gasteiger partial charge in [0.1, 0.15) is 11.2 Å². The van der Waals surface area contributed by atoms with Gasteiger partial charge in [0, 0.05) is 27.5 Å². The highest BCUT2D eigenvalue weighted by Crippen LogP contribution is 2.38. The Bertz CT molecular complexity index is 2930. The normalized spacial score (nSPS) is 11.5. The number of benzene rings is 8. The summed E-state index contributed by atoms with van der Waals surface area (Å²) in [5.74, 6) is 1.90. The third kappa shape index (κ3) is 5.22. The van der Waals surface area contributed by atoms with Crippen molar-refractivity contribution in [1.29, 1.82) is 0 Å². The molecule has 8 aromatic carbocycles. The SMILES string of the molecule is c1ccc(-c2cccc(-c3nc(-c4ccc5ccccc5c4)nc(-c4ccc5ccc(-c6cccc7oc8ccccc8c67)cc5c4)n3)c2)cc1. The van der Waals surface area contributed by atoms with Gasteiger partial charge in [0.15, 0.2) is 17.5 Å². The van der Waals surface area contributed by atoms with E-state index in [-0.39, 0.29) is 0 Å². The van der Waals surface area contributed by atoms with Gasteiger partial charge in [-0.1, -0.05) is 140 Å². The molecule has 0 amide bonds. The highest BCUT2D eigenvalue weighted by atomic mass is 16.3. The van der Waals surface area contributed by atoms with E-state index in [0.717, 1.165) is 77.0 Å². The predicted molar refractivity (Wildman–Crippen MR) is 209 cm³/mol. The lowest BCUT2D eigenvalue weighted by molar-refractivity contribution is 0.669. The summed E-state index contributed by atoms with van der Waals surface area (Å²) in [5.41, 5.74) is 9.12. The van der Waals surface area contributed by atoms with Crippen LogP contribution in [0.4, 0.5) is 0 Å². The van der Waals surface area contributed by atoms with E-state index in [1.807, 2.05) is 24.3 Å². The molecule has 51 heavy (non-hydrogen) atoms. The van der Waals surface area contributed by atoms with Crippen LogP contribution in [-0.4, -0.2) is 15.0 Å². The molecule has 0 aliphatic heterocycles. The summed E-state index contributed by atoms with van der Waals surface area (Å²) in [6.45, 7) is 0. The van der Waals surface area contributed by atoms with Crippen LogP contribution in [-0.2, 0) is 0 Å². The molecule has 0 spiro atoms. The fourth-order valence-corrected chi connectivity index (χ4v) is 7.13. The molecule has 0 saturated carbocycles. The van der Waals surface area contributed by atoms with Crippen LogP contribution in [0.25, 0.3) is 99.9 Å². The van der Waals surface area contributed by atoms with Gasteiger partial charge in [-0.3, -0.25) is 0 Å². The zero-order chi connectivity index (χ0) is 33.7. The molecule has 0 aliphatic rings. The molecule has 0 N–H and O–H groups in total.